The molecule has 346 valence electrons. The van der Waals surface area contributed by atoms with E-state index in [2.05, 4.69) is 49.0 Å². The average molecular weight is 942 g/mol. The molecule has 6 aromatic rings. The highest BCUT2D eigenvalue weighted by Gasteiger charge is 2.23. The van der Waals surface area contributed by atoms with Gasteiger partial charge in [-0.25, -0.2) is 13.6 Å². The van der Waals surface area contributed by atoms with Crippen LogP contribution < -0.4 is 21.7 Å². The lowest BCUT2D eigenvalue weighted by molar-refractivity contribution is 0.0601. The van der Waals surface area contributed by atoms with Crippen LogP contribution in [-0.2, 0) is 4.74 Å². The fourth-order valence-electron chi connectivity index (χ4n) is 5.64. The Morgan fingerprint density at radius 1 is 0.682 bits per heavy atom. The van der Waals surface area contributed by atoms with Gasteiger partial charge in [-0.05, 0) is 113 Å². The van der Waals surface area contributed by atoms with E-state index in [9.17, 15) is 23.5 Å². The van der Waals surface area contributed by atoms with E-state index in [4.69, 9.17) is 38.8 Å². The Morgan fingerprint density at radius 3 is 1.50 bits per heavy atom. The number of pyridine rings is 4. The van der Waals surface area contributed by atoms with Crippen molar-refractivity contribution in [2.24, 2.45) is 5.73 Å². The number of carbonyl (C=O) groups excluding carboxylic acids is 2. The van der Waals surface area contributed by atoms with Gasteiger partial charge in [0.1, 0.15) is 17.2 Å². The summed E-state index contributed by atoms with van der Waals surface area (Å²) in [6.07, 6.45) is 9.14. The van der Waals surface area contributed by atoms with E-state index in [1.165, 1.54) is 55.9 Å². The van der Waals surface area contributed by atoms with E-state index in [1.54, 1.807) is 76.7 Å². The molecule has 0 atom stereocenters. The minimum atomic E-state index is -0.805. The number of nitrogens with one attached hydrogen (secondary N) is 3. The number of nitrogens with two attached hydrogens (primary N) is 1. The van der Waals surface area contributed by atoms with Gasteiger partial charge in [-0.2, -0.15) is 0 Å². The number of hydrogen-bond donors (Lipinski definition) is 6. The van der Waals surface area contributed by atoms with Crippen molar-refractivity contribution in [1.82, 2.24) is 25.3 Å². The molecule has 4 heterocycles. The number of hydrogen-bond acceptors (Lipinski definition) is 12. The lowest BCUT2D eigenvalue weighted by atomic mass is 10.0. The number of esters is 1. The van der Waals surface area contributed by atoms with E-state index < -0.39 is 34.6 Å². The van der Waals surface area contributed by atoms with Crippen molar-refractivity contribution in [1.29, 1.82) is 0 Å². The Balaban J connectivity index is 0.000000258. The van der Waals surface area contributed by atoms with Crippen LogP contribution in [0.2, 0.25) is 10.0 Å². The van der Waals surface area contributed by atoms with Crippen molar-refractivity contribution in [2.45, 2.75) is 52.6 Å². The maximum Gasteiger partial charge on any atom is 0.341 e. The number of rotatable bonds is 13. The normalized spacial score (nSPS) is 10.9. The number of carbonyl (C=O) groups is 2. The van der Waals surface area contributed by atoms with Crippen LogP contribution in [0.25, 0.3) is 33.7 Å². The van der Waals surface area contributed by atoms with Gasteiger partial charge in [-0.15, -0.1) is 0 Å². The maximum absolute atomic E-state index is 14.4. The smallest absolute Gasteiger partial charge is 0.341 e. The molecular formula is C49H52Cl2F2N8O5. The average Bonchev–Trinajstić information content (AvgIpc) is 3.28. The summed E-state index contributed by atoms with van der Waals surface area (Å²) in [5, 5.41) is 27.7. The summed E-state index contributed by atoms with van der Waals surface area (Å²) in [5.41, 5.74) is 11.0. The number of allylic oxidation sites excluding steroid dienone is 2. The molecule has 17 heteroatoms. The van der Waals surface area contributed by atoms with E-state index in [0.717, 1.165) is 16.7 Å². The molecule has 0 aliphatic carbocycles. The van der Waals surface area contributed by atoms with Crippen molar-refractivity contribution in [3.05, 3.63) is 155 Å². The van der Waals surface area contributed by atoms with Crippen molar-refractivity contribution >= 4 is 69.0 Å². The van der Waals surface area contributed by atoms with E-state index in [1.807, 2.05) is 13.8 Å². The van der Waals surface area contributed by atoms with E-state index in [0.29, 0.717) is 49.7 Å². The summed E-state index contributed by atoms with van der Waals surface area (Å²) < 4.78 is 33.5. The number of aromatic nitrogens is 4. The summed E-state index contributed by atoms with van der Waals surface area (Å²) in [7, 11) is 1.30. The van der Waals surface area contributed by atoms with E-state index in [-0.39, 0.29) is 35.5 Å². The summed E-state index contributed by atoms with van der Waals surface area (Å²) in [6.45, 7) is 18.4. The molecule has 0 fully saturated rings. The van der Waals surface area contributed by atoms with Gasteiger partial charge in [0.2, 0.25) is 0 Å². The molecular weight excluding hydrogens is 889 g/mol. The van der Waals surface area contributed by atoms with Gasteiger partial charge < -0.3 is 36.6 Å². The second-order valence-electron chi connectivity index (χ2n) is 16.3. The molecule has 4 aromatic heterocycles. The molecule has 0 spiro atoms. The largest absolute Gasteiger partial charge is 0.465 e. The molecule has 0 bridgehead atoms. The second-order valence-corrected chi connectivity index (χ2v) is 17.1. The number of methoxy groups -OCH3 is 1. The molecule has 2 aromatic carbocycles. The second kappa shape index (κ2) is 23.0. The molecule has 0 radical (unpaired) electrons. The molecule has 6 rings (SSSR count). The van der Waals surface area contributed by atoms with Crippen molar-refractivity contribution < 1.29 is 33.3 Å². The summed E-state index contributed by atoms with van der Waals surface area (Å²) >= 11 is 12.1. The minimum absolute atomic E-state index is 0.0486. The lowest BCUT2D eigenvalue weighted by Gasteiger charge is -2.24. The molecule has 0 saturated heterocycles. The van der Waals surface area contributed by atoms with Crippen LogP contribution >= 0.6 is 23.2 Å². The third kappa shape index (κ3) is 14.4. The first-order chi connectivity index (χ1) is 31.1. The van der Waals surface area contributed by atoms with Gasteiger partial charge >= 0.3 is 5.97 Å². The molecule has 13 nitrogen and oxygen atoms in total. The Hall–Kier alpha value is -6.62. The van der Waals surface area contributed by atoms with Crippen molar-refractivity contribution in [3.8, 4) is 22.5 Å². The number of halogens is 4. The third-order valence-corrected chi connectivity index (χ3v) is 9.69. The molecule has 0 aliphatic rings. The predicted octanol–water partition coefficient (Wildman–Crippen LogP) is 10.4. The van der Waals surface area contributed by atoms with E-state index >= 15 is 0 Å². The molecule has 1 amide bonds. The lowest BCUT2D eigenvalue weighted by Crippen LogP contribution is -2.46. The van der Waals surface area contributed by atoms with Gasteiger partial charge in [0.15, 0.2) is 0 Å². The van der Waals surface area contributed by atoms with Crippen LogP contribution in [0.3, 0.4) is 0 Å². The summed E-state index contributed by atoms with van der Waals surface area (Å²) in [6, 6.07) is 15.2. The Kier molecular flexibility index (Phi) is 18.1. The van der Waals surface area contributed by atoms with Crippen LogP contribution in [0.15, 0.2) is 111 Å². The van der Waals surface area contributed by atoms with Crippen LogP contribution in [-0.4, -0.2) is 73.4 Å². The minimum Gasteiger partial charge on any atom is -0.465 e. The topological polar surface area (TPSA) is 198 Å². The fraction of sp³-hybridized carbons (Fsp3) is 0.224. The van der Waals surface area contributed by atoms with Crippen LogP contribution in [0.5, 0.6) is 0 Å². The number of amides is 1. The summed E-state index contributed by atoms with van der Waals surface area (Å²) in [5.74, 6) is -1.81. The standard InChI is InChI=1S/C24H24ClFN4O2.C21H17ClFN3O2.C4H11NO/c1-14(2)17-12-28-21(16-9-15(25)5-6-19(16)26)10-22(17)29-20-7-8-27-11-18(20)23(32)30-24(3,4)13-31;1-12(2)15-11-25-19(14-8-13(22)4-5-17(14)23)9-20(15)26-18-6-7-24-10-16(18)21(27)28-3;1-4(2,5)3-6/h5-12,31H,1,13H2,2-4H3,(H,30,32)(H,27,28,29);4-11H,1H2,2-3H3,(H,24,25,26);6H,3,5H2,1-2H3. The fourth-order valence-corrected chi connectivity index (χ4v) is 5.99. The predicted molar refractivity (Wildman–Crippen MR) is 259 cm³/mol. The molecule has 0 unspecified atom stereocenters. The SMILES string of the molecule is C=C(C)c1cnc(-c2cc(Cl)ccc2F)cc1Nc1ccncc1C(=O)NC(C)(C)CO.C=C(C)c1cnc(-c2cc(Cl)ccc2F)cc1Nc1ccncc1C(=O)OC.CC(C)(N)CO. The number of nitrogens with zero attached hydrogens (tertiary/aromatic N) is 4. The molecule has 66 heavy (non-hydrogen) atoms. The Morgan fingerprint density at radius 2 is 1.11 bits per heavy atom. The number of anilines is 4. The zero-order valence-electron chi connectivity index (χ0n) is 37.6. The number of aliphatic hydroxyl groups excluding tert-OH is 2. The first-order valence-corrected chi connectivity index (χ1v) is 20.9. The quantitative estimate of drug-likeness (QED) is 0.0600. The van der Waals surface area contributed by atoms with Crippen LogP contribution in [0, 0.1) is 11.6 Å². The van der Waals surface area contributed by atoms with Crippen LogP contribution in [0.1, 0.15) is 73.4 Å². The number of benzene rings is 2. The molecule has 0 aliphatic heterocycles. The highest BCUT2D eigenvalue weighted by Crippen LogP contribution is 2.34. The van der Waals surface area contributed by atoms with Gasteiger partial charge in [-0.3, -0.25) is 24.7 Å². The van der Waals surface area contributed by atoms with Crippen molar-refractivity contribution in [2.75, 3.05) is 31.0 Å². The monoisotopic (exact) mass is 940 g/mol. The summed E-state index contributed by atoms with van der Waals surface area (Å²) in [4.78, 5) is 41.6. The Bertz CT molecular complexity index is 2730. The first kappa shape index (κ1) is 52.0. The zero-order valence-corrected chi connectivity index (χ0v) is 39.1. The zero-order chi connectivity index (χ0) is 48.9. The molecule has 7 N–H and O–H groups in total. The number of aliphatic hydroxyl groups is 2. The van der Waals surface area contributed by atoms with Gasteiger partial charge in [0.05, 0.1) is 54.2 Å². The Labute approximate surface area is 392 Å². The molecule has 0 saturated carbocycles. The van der Waals surface area contributed by atoms with Gasteiger partial charge in [0, 0.05) is 86.4 Å². The first-order valence-electron chi connectivity index (χ1n) is 20.1. The maximum atomic E-state index is 14.4. The highest BCUT2D eigenvalue weighted by molar-refractivity contribution is 6.31. The van der Waals surface area contributed by atoms with Crippen LogP contribution in [0.4, 0.5) is 31.5 Å². The van der Waals surface area contributed by atoms with Gasteiger partial charge in [0.25, 0.3) is 5.91 Å². The third-order valence-electron chi connectivity index (χ3n) is 9.22. The van der Waals surface area contributed by atoms with Gasteiger partial charge in [-0.1, -0.05) is 36.4 Å². The highest BCUT2D eigenvalue weighted by atomic mass is 35.5. The number of ether oxygens (including phenoxy) is 1. The van der Waals surface area contributed by atoms with Crippen molar-refractivity contribution in [3.63, 3.8) is 0 Å².